The highest BCUT2D eigenvalue weighted by Crippen LogP contribution is 2.46. The van der Waals surface area contributed by atoms with E-state index in [0.717, 1.165) is 20.7 Å². The number of fused-ring (bicyclic) bond motifs is 1. The molecule has 1 heterocycles. The number of nitrogens with zero attached hydrogens (tertiary/aromatic N) is 2. The molecule has 4 rings (SSSR count). The van der Waals surface area contributed by atoms with Crippen LogP contribution in [0.25, 0.3) is 0 Å². The molecule has 6 nitrogen and oxygen atoms in total. The van der Waals surface area contributed by atoms with E-state index in [2.05, 4.69) is 5.32 Å². The van der Waals surface area contributed by atoms with Crippen molar-refractivity contribution in [1.29, 1.82) is 0 Å². The summed E-state index contributed by atoms with van der Waals surface area (Å²) in [6.07, 6.45) is 3.63. The number of anilines is 3. The average Bonchev–Trinajstić information content (AvgIpc) is 2.87. The van der Waals surface area contributed by atoms with E-state index >= 15 is 0 Å². The Hall–Kier alpha value is -2.23. The SMILES string of the molecule is O=S1(=O)N(CCOCCNC2CCC2)c2ccccc2N1c1c(F)cccc1F. The van der Waals surface area contributed by atoms with Gasteiger partial charge in [-0.3, -0.25) is 0 Å². The molecular weight excluding hydrogens is 400 g/mol. The summed E-state index contributed by atoms with van der Waals surface area (Å²) in [5, 5.41) is 3.37. The third-order valence-electron chi connectivity index (χ3n) is 5.24. The van der Waals surface area contributed by atoms with Crippen molar-refractivity contribution in [3.05, 3.63) is 54.1 Å². The number of para-hydroxylation sites is 3. The Labute approximate surface area is 169 Å². The van der Waals surface area contributed by atoms with E-state index in [0.29, 0.717) is 24.9 Å². The molecule has 0 bridgehead atoms. The second-order valence-electron chi connectivity index (χ2n) is 7.10. The van der Waals surface area contributed by atoms with Crippen LogP contribution >= 0.6 is 0 Å². The quantitative estimate of drug-likeness (QED) is 0.662. The molecule has 9 heteroatoms. The topological polar surface area (TPSA) is 61.9 Å². The fourth-order valence-electron chi connectivity index (χ4n) is 3.55. The van der Waals surface area contributed by atoms with Gasteiger partial charge in [0.25, 0.3) is 0 Å². The Morgan fingerprint density at radius 3 is 2.34 bits per heavy atom. The minimum Gasteiger partial charge on any atom is -0.378 e. The first-order valence-electron chi connectivity index (χ1n) is 9.67. The normalized spacial score (nSPS) is 18.0. The molecule has 1 aliphatic heterocycles. The highest BCUT2D eigenvalue weighted by Gasteiger charge is 2.43. The predicted molar refractivity (Wildman–Crippen MR) is 108 cm³/mol. The second kappa shape index (κ2) is 8.25. The zero-order valence-electron chi connectivity index (χ0n) is 15.9. The van der Waals surface area contributed by atoms with Gasteiger partial charge in [0.2, 0.25) is 0 Å². The van der Waals surface area contributed by atoms with Crippen LogP contribution in [0.3, 0.4) is 0 Å². The van der Waals surface area contributed by atoms with Crippen molar-refractivity contribution < 1.29 is 21.9 Å². The van der Waals surface area contributed by atoms with Gasteiger partial charge in [-0.05, 0) is 37.1 Å². The van der Waals surface area contributed by atoms with Gasteiger partial charge in [0, 0.05) is 12.6 Å². The number of benzene rings is 2. The third kappa shape index (κ3) is 3.82. The van der Waals surface area contributed by atoms with Gasteiger partial charge in [0.1, 0.15) is 5.69 Å². The van der Waals surface area contributed by atoms with Crippen LogP contribution in [0.5, 0.6) is 0 Å². The highest BCUT2D eigenvalue weighted by atomic mass is 32.2. The summed E-state index contributed by atoms with van der Waals surface area (Å²) < 4.78 is 62.5. The van der Waals surface area contributed by atoms with E-state index in [4.69, 9.17) is 4.74 Å². The first kappa shape index (κ1) is 20.1. The van der Waals surface area contributed by atoms with Crippen molar-refractivity contribution in [3.8, 4) is 0 Å². The summed E-state index contributed by atoms with van der Waals surface area (Å²) in [5.74, 6) is -1.88. The molecule has 1 N–H and O–H groups in total. The lowest BCUT2D eigenvalue weighted by Crippen LogP contribution is -2.39. The summed E-state index contributed by atoms with van der Waals surface area (Å²) in [6.45, 7) is 1.40. The molecular formula is C20H23F2N3O3S. The molecule has 0 saturated heterocycles. The van der Waals surface area contributed by atoms with Gasteiger partial charge < -0.3 is 10.1 Å². The largest absolute Gasteiger partial charge is 0.378 e. The van der Waals surface area contributed by atoms with Crippen LogP contribution in [0.1, 0.15) is 19.3 Å². The summed E-state index contributed by atoms with van der Waals surface area (Å²) >= 11 is 0. The van der Waals surface area contributed by atoms with E-state index in [1.807, 2.05) is 0 Å². The van der Waals surface area contributed by atoms with Gasteiger partial charge in [0.15, 0.2) is 11.6 Å². The molecule has 1 saturated carbocycles. The van der Waals surface area contributed by atoms with Crippen LogP contribution in [0.4, 0.5) is 25.8 Å². The minimum absolute atomic E-state index is 0.0509. The number of halogens is 2. The van der Waals surface area contributed by atoms with E-state index in [1.54, 1.807) is 18.2 Å². The summed E-state index contributed by atoms with van der Waals surface area (Å²) in [6, 6.07) is 10.3. The van der Waals surface area contributed by atoms with Gasteiger partial charge >= 0.3 is 10.2 Å². The van der Waals surface area contributed by atoms with Crippen molar-refractivity contribution in [1.82, 2.24) is 5.32 Å². The molecule has 156 valence electrons. The fourth-order valence-corrected chi connectivity index (χ4v) is 5.26. The summed E-state index contributed by atoms with van der Waals surface area (Å²) in [5.41, 5.74) is -0.0254. The standard InChI is InChI=1S/C20H23F2N3O3S/c21-16-7-4-8-17(22)20(16)25-19-10-2-1-9-18(19)24(29(25,26)27)12-14-28-13-11-23-15-5-3-6-15/h1-2,4,7-10,15,23H,3,5-6,11-14H2. The lowest BCUT2D eigenvalue weighted by atomic mass is 9.93. The number of rotatable bonds is 8. The maximum absolute atomic E-state index is 14.4. The van der Waals surface area contributed by atoms with Crippen LogP contribution < -0.4 is 13.9 Å². The summed E-state index contributed by atoms with van der Waals surface area (Å²) in [4.78, 5) is 0. The molecule has 0 amide bonds. The number of hydrogen-bond acceptors (Lipinski definition) is 4. The maximum Gasteiger partial charge on any atom is 0.331 e. The number of nitrogens with one attached hydrogen (secondary N) is 1. The molecule has 0 aromatic heterocycles. The van der Waals surface area contributed by atoms with Gasteiger partial charge in [-0.2, -0.15) is 8.42 Å². The Balaban J connectivity index is 1.50. The first-order valence-corrected chi connectivity index (χ1v) is 11.1. The predicted octanol–water partition coefficient (Wildman–Crippen LogP) is 3.33. The second-order valence-corrected chi connectivity index (χ2v) is 8.80. The van der Waals surface area contributed by atoms with Crippen LogP contribution in [0.15, 0.2) is 42.5 Å². The van der Waals surface area contributed by atoms with Crippen molar-refractivity contribution in [2.75, 3.05) is 34.9 Å². The third-order valence-corrected chi connectivity index (χ3v) is 7.02. The lowest BCUT2D eigenvalue weighted by molar-refractivity contribution is 0.137. The average molecular weight is 423 g/mol. The van der Waals surface area contributed by atoms with E-state index < -0.39 is 27.5 Å². The zero-order valence-corrected chi connectivity index (χ0v) is 16.7. The Morgan fingerprint density at radius 1 is 1.00 bits per heavy atom. The van der Waals surface area contributed by atoms with E-state index in [9.17, 15) is 17.2 Å². The molecule has 2 aromatic carbocycles. The molecule has 29 heavy (non-hydrogen) atoms. The van der Waals surface area contributed by atoms with Crippen molar-refractivity contribution in [2.45, 2.75) is 25.3 Å². The maximum atomic E-state index is 14.4. The monoisotopic (exact) mass is 423 g/mol. The Bertz CT molecular complexity index is 962. The van der Waals surface area contributed by atoms with Gasteiger partial charge in [-0.25, -0.2) is 17.4 Å². The van der Waals surface area contributed by atoms with Crippen LogP contribution in [-0.2, 0) is 14.9 Å². The number of ether oxygens (including phenoxy) is 1. The highest BCUT2D eigenvalue weighted by molar-refractivity contribution is 7.95. The smallest absolute Gasteiger partial charge is 0.331 e. The Morgan fingerprint density at radius 2 is 1.69 bits per heavy atom. The molecule has 0 atom stereocenters. The minimum atomic E-state index is -4.20. The van der Waals surface area contributed by atoms with Crippen molar-refractivity contribution >= 4 is 27.3 Å². The first-order chi connectivity index (χ1) is 14.0. The van der Waals surface area contributed by atoms with Gasteiger partial charge in [0.05, 0.1) is 31.1 Å². The molecule has 0 spiro atoms. The van der Waals surface area contributed by atoms with E-state index in [-0.39, 0.29) is 18.8 Å². The lowest BCUT2D eigenvalue weighted by Gasteiger charge is -2.26. The van der Waals surface area contributed by atoms with Crippen LogP contribution in [-0.4, -0.2) is 40.8 Å². The molecule has 1 fully saturated rings. The van der Waals surface area contributed by atoms with Crippen LogP contribution in [0.2, 0.25) is 0 Å². The number of hydrogen-bond donors (Lipinski definition) is 1. The van der Waals surface area contributed by atoms with Gasteiger partial charge in [-0.1, -0.05) is 24.6 Å². The van der Waals surface area contributed by atoms with E-state index in [1.165, 1.54) is 31.4 Å². The summed E-state index contributed by atoms with van der Waals surface area (Å²) in [7, 11) is -4.20. The van der Waals surface area contributed by atoms with Gasteiger partial charge in [-0.15, -0.1) is 0 Å². The Kier molecular flexibility index (Phi) is 5.71. The fraction of sp³-hybridized carbons (Fsp3) is 0.400. The molecule has 2 aromatic rings. The van der Waals surface area contributed by atoms with Crippen LogP contribution in [0, 0.1) is 11.6 Å². The molecule has 1 aliphatic carbocycles. The molecule has 2 aliphatic rings. The zero-order chi connectivity index (χ0) is 20.4. The molecule has 0 unspecified atom stereocenters. The van der Waals surface area contributed by atoms with Crippen molar-refractivity contribution in [2.24, 2.45) is 0 Å². The van der Waals surface area contributed by atoms with Crippen molar-refractivity contribution in [3.63, 3.8) is 0 Å². The molecule has 0 radical (unpaired) electrons.